The number of unbranched alkanes of at least 4 members (excludes halogenated alkanes) is 5. The van der Waals surface area contributed by atoms with Gasteiger partial charge >= 0.3 is 0 Å². The van der Waals surface area contributed by atoms with Gasteiger partial charge in [-0.1, -0.05) is 39.0 Å². The quantitative estimate of drug-likeness (QED) is 0.409. The van der Waals surface area contributed by atoms with Crippen LogP contribution in [0.4, 0.5) is 0 Å². The number of rotatable bonds is 12. The van der Waals surface area contributed by atoms with E-state index < -0.39 is 6.23 Å². The first-order chi connectivity index (χ1) is 8.22. The summed E-state index contributed by atoms with van der Waals surface area (Å²) < 4.78 is 10.7. The Morgan fingerprint density at radius 3 is 2.29 bits per heavy atom. The van der Waals surface area contributed by atoms with E-state index in [0.29, 0.717) is 13.2 Å². The molecule has 0 aromatic carbocycles. The first kappa shape index (κ1) is 16.8. The Morgan fingerprint density at radius 2 is 1.65 bits per heavy atom. The van der Waals surface area contributed by atoms with Crippen LogP contribution in [0.25, 0.3) is 0 Å². The van der Waals surface area contributed by atoms with Crippen LogP contribution in [-0.4, -0.2) is 37.3 Å². The summed E-state index contributed by atoms with van der Waals surface area (Å²) in [5.41, 5.74) is 5.79. The van der Waals surface area contributed by atoms with E-state index in [1.807, 2.05) is 6.92 Å². The maximum atomic E-state index is 8.61. The van der Waals surface area contributed by atoms with Crippen molar-refractivity contribution in [3.05, 3.63) is 0 Å². The second-order valence-electron chi connectivity index (χ2n) is 4.40. The molecule has 0 radical (unpaired) electrons. The monoisotopic (exact) mass is 247 g/mol. The van der Waals surface area contributed by atoms with Gasteiger partial charge in [0.1, 0.15) is 6.23 Å². The van der Waals surface area contributed by atoms with Gasteiger partial charge in [-0.25, -0.2) is 0 Å². The van der Waals surface area contributed by atoms with Crippen molar-refractivity contribution in [2.75, 3.05) is 19.8 Å². The van der Waals surface area contributed by atoms with Gasteiger partial charge in [0.2, 0.25) is 0 Å². The highest BCUT2D eigenvalue weighted by Gasteiger charge is 2.12. The van der Waals surface area contributed by atoms with Crippen LogP contribution in [0.15, 0.2) is 0 Å². The third-order valence-electron chi connectivity index (χ3n) is 2.74. The third kappa shape index (κ3) is 10.7. The molecule has 0 spiro atoms. The molecule has 0 rings (SSSR count). The number of hydrogen-bond acceptors (Lipinski definition) is 4. The molecule has 0 bridgehead atoms. The van der Waals surface area contributed by atoms with E-state index in [4.69, 9.17) is 20.3 Å². The predicted octanol–water partition coefficient (Wildman–Crippen LogP) is 2.05. The van der Waals surface area contributed by atoms with Gasteiger partial charge in [0.25, 0.3) is 0 Å². The molecule has 3 N–H and O–H groups in total. The molecule has 0 aliphatic rings. The minimum Gasteiger partial charge on any atom is -0.394 e. The fourth-order valence-corrected chi connectivity index (χ4v) is 1.57. The van der Waals surface area contributed by atoms with Gasteiger partial charge in [0.15, 0.2) is 0 Å². The van der Waals surface area contributed by atoms with Crippen LogP contribution >= 0.6 is 0 Å². The smallest absolute Gasteiger partial charge is 0.131 e. The average molecular weight is 247 g/mol. The molecule has 2 unspecified atom stereocenters. The van der Waals surface area contributed by atoms with Gasteiger partial charge in [-0.2, -0.15) is 0 Å². The molecule has 4 nitrogen and oxygen atoms in total. The van der Waals surface area contributed by atoms with Gasteiger partial charge in [0.05, 0.1) is 19.3 Å². The Hall–Kier alpha value is -0.160. The first-order valence-corrected chi connectivity index (χ1v) is 6.82. The van der Waals surface area contributed by atoms with Gasteiger partial charge in [0, 0.05) is 6.61 Å². The molecular weight excluding hydrogens is 218 g/mol. The summed E-state index contributed by atoms with van der Waals surface area (Å²) in [6, 6.07) is 0. The highest BCUT2D eigenvalue weighted by atomic mass is 16.5. The van der Waals surface area contributed by atoms with Crippen LogP contribution in [-0.2, 0) is 9.47 Å². The number of nitrogens with two attached hydrogens (primary N) is 1. The van der Waals surface area contributed by atoms with Crippen molar-refractivity contribution in [3.8, 4) is 0 Å². The Kier molecular flexibility index (Phi) is 12.2. The standard InChI is InChI=1S/C13H29NO3/c1-3-4-5-6-7-8-10-17-13(14)12(2)16-11-9-15/h12-13,15H,3-11,14H2,1-2H3. The molecule has 4 heteroatoms. The fraction of sp³-hybridized carbons (Fsp3) is 1.00. The molecule has 17 heavy (non-hydrogen) atoms. The lowest BCUT2D eigenvalue weighted by atomic mass is 10.1. The SMILES string of the molecule is CCCCCCCCOC(N)C(C)OCCO. The van der Waals surface area contributed by atoms with E-state index in [1.165, 1.54) is 32.1 Å². The third-order valence-corrected chi connectivity index (χ3v) is 2.74. The molecule has 0 amide bonds. The number of aliphatic hydroxyl groups excluding tert-OH is 1. The first-order valence-electron chi connectivity index (χ1n) is 6.82. The van der Waals surface area contributed by atoms with E-state index in [-0.39, 0.29) is 12.7 Å². The van der Waals surface area contributed by atoms with Crippen molar-refractivity contribution >= 4 is 0 Å². The molecule has 0 aromatic rings. The minimum atomic E-state index is -0.391. The Balaban J connectivity index is 3.28. The van der Waals surface area contributed by atoms with Crippen LogP contribution in [0.2, 0.25) is 0 Å². The Labute approximate surface area is 105 Å². The maximum absolute atomic E-state index is 8.61. The summed E-state index contributed by atoms with van der Waals surface area (Å²) in [6.45, 7) is 5.11. The van der Waals surface area contributed by atoms with Crippen molar-refractivity contribution in [2.24, 2.45) is 5.73 Å². The van der Waals surface area contributed by atoms with E-state index in [0.717, 1.165) is 6.42 Å². The van der Waals surface area contributed by atoms with Crippen molar-refractivity contribution in [1.29, 1.82) is 0 Å². The van der Waals surface area contributed by atoms with Crippen molar-refractivity contribution in [3.63, 3.8) is 0 Å². The van der Waals surface area contributed by atoms with Gasteiger partial charge in [-0.3, -0.25) is 0 Å². The molecule has 0 aliphatic carbocycles. The zero-order chi connectivity index (χ0) is 12.9. The highest BCUT2D eigenvalue weighted by Crippen LogP contribution is 2.06. The zero-order valence-electron chi connectivity index (χ0n) is 11.4. The molecule has 0 saturated heterocycles. The van der Waals surface area contributed by atoms with Gasteiger partial charge in [-0.05, 0) is 13.3 Å². The minimum absolute atomic E-state index is 0.0223. The number of aliphatic hydroxyl groups is 1. The second kappa shape index (κ2) is 12.3. The summed E-state index contributed by atoms with van der Waals surface area (Å²) in [5, 5.41) is 8.61. The van der Waals surface area contributed by atoms with Crippen LogP contribution in [0, 0.1) is 0 Å². The summed E-state index contributed by atoms with van der Waals surface area (Å²) >= 11 is 0. The highest BCUT2D eigenvalue weighted by molar-refractivity contribution is 4.58. The Bertz CT molecular complexity index is 156. The van der Waals surface area contributed by atoms with E-state index in [2.05, 4.69) is 6.92 Å². The molecule has 0 heterocycles. The molecule has 0 fully saturated rings. The second-order valence-corrected chi connectivity index (χ2v) is 4.40. The lowest BCUT2D eigenvalue weighted by Gasteiger charge is -2.20. The van der Waals surface area contributed by atoms with Crippen molar-refractivity contribution < 1.29 is 14.6 Å². The topological polar surface area (TPSA) is 64.7 Å². The normalized spacial score (nSPS) is 14.8. The molecular formula is C13H29NO3. The van der Waals surface area contributed by atoms with Crippen LogP contribution < -0.4 is 5.73 Å². The lowest BCUT2D eigenvalue weighted by molar-refractivity contribution is -0.0692. The number of hydrogen-bond donors (Lipinski definition) is 2. The fourth-order valence-electron chi connectivity index (χ4n) is 1.57. The van der Waals surface area contributed by atoms with E-state index in [9.17, 15) is 0 Å². The van der Waals surface area contributed by atoms with E-state index >= 15 is 0 Å². The summed E-state index contributed by atoms with van der Waals surface area (Å²) in [7, 11) is 0. The molecule has 104 valence electrons. The van der Waals surface area contributed by atoms with Crippen LogP contribution in [0.1, 0.15) is 52.4 Å². The summed E-state index contributed by atoms with van der Waals surface area (Å²) in [5.74, 6) is 0. The van der Waals surface area contributed by atoms with Crippen LogP contribution in [0.3, 0.4) is 0 Å². The van der Waals surface area contributed by atoms with Crippen LogP contribution in [0.5, 0.6) is 0 Å². The van der Waals surface area contributed by atoms with E-state index in [1.54, 1.807) is 0 Å². The molecule has 0 aromatic heterocycles. The molecule has 0 aliphatic heterocycles. The maximum Gasteiger partial charge on any atom is 0.131 e. The van der Waals surface area contributed by atoms with Gasteiger partial charge < -0.3 is 20.3 Å². The van der Waals surface area contributed by atoms with Crippen molar-refractivity contribution in [2.45, 2.75) is 64.7 Å². The van der Waals surface area contributed by atoms with Crippen molar-refractivity contribution in [1.82, 2.24) is 0 Å². The number of ether oxygens (including phenoxy) is 2. The lowest BCUT2D eigenvalue weighted by Crippen LogP contribution is -2.37. The average Bonchev–Trinajstić information content (AvgIpc) is 2.34. The summed E-state index contributed by atoms with van der Waals surface area (Å²) in [6.07, 6.45) is 6.91. The largest absolute Gasteiger partial charge is 0.394 e. The zero-order valence-corrected chi connectivity index (χ0v) is 11.4. The summed E-state index contributed by atoms with van der Waals surface area (Å²) in [4.78, 5) is 0. The Morgan fingerprint density at radius 1 is 1.00 bits per heavy atom. The predicted molar refractivity (Wildman–Crippen MR) is 69.8 cm³/mol. The van der Waals surface area contributed by atoms with Gasteiger partial charge in [-0.15, -0.1) is 0 Å². The molecule has 0 saturated carbocycles. The molecule has 2 atom stereocenters.